The van der Waals surface area contributed by atoms with Crippen molar-refractivity contribution in [1.82, 2.24) is 0 Å². The van der Waals surface area contributed by atoms with Crippen LogP contribution >= 0.6 is 15.9 Å². The normalized spacial score (nSPS) is 12.9. The first kappa shape index (κ1) is 10.5. The molecule has 0 aliphatic heterocycles. The van der Waals surface area contributed by atoms with Crippen LogP contribution in [0.15, 0.2) is 16.6 Å². The van der Waals surface area contributed by atoms with Gasteiger partial charge in [0.2, 0.25) is 0 Å². The van der Waals surface area contributed by atoms with Gasteiger partial charge in [0, 0.05) is 16.1 Å². The lowest BCUT2D eigenvalue weighted by atomic mass is 10.0. The SMILES string of the molecule is Cc1ccc(Br)c(CC(C)N)c1O. The number of nitrogens with two attached hydrogens (primary N) is 1. The molecule has 13 heavy (non-hydrogen) atoms. The summed E-state index contributed by atoms with van der Waals surface area (Å²) < 4.78 is 0.924. The third-order valence-corrected chi connectivity index (χ3v) is 2.70. The van der Waals surface area contributed by atoms with Gasteiger partial charge in [0.25, 0.3) is 0 Å². The maximum Gasteiger partial charge on any atom is 0.122 e. The summed E-state index contributed by atoms with van der Waals surface area (Å²) in [5, 5.41) is 9.74. The second-order valence-corrected chi connectivity index (χ2v) is 4.23. The number of halogens is 1. The number of rotatable bonds is 2. The molecule has 0 saturated heterocycles. The Hall–Kier alpha value is -0.540. The van der Waals surface area contributed by atoms with Gasteiger partial charge in [0.1, 0.15) is 5.75 Å². The van der Waals surface area contributed by atoms with Crippen LogP contribution in [0.1, 0.15) is 18.1 Å². The van der Waals surface area contributed by atoms with Gasteiger partial charge in [-0.1, -0.05) is 22.0 Å². The number of aryl methyl sites for hydroxylation is 1. The highest BCUT2D eigenvalue weighted by atomic mass is 79.9. The molecular formula is C10H14BrNO. The summed E-state index contributed by atoms with van der Waals surface area (Å²) in [5.41, 5.74) is 7.47. The molecule has 1 unspecified atom stereocenters. The first-order valence-electron chi connectivity index (χ1n) is 4.25. The van der Waals surface area contributed by atoms with E-state index in [1.165, 1.54) is 0 Å². The van der Waals surface area contributed by atoms with Crippen molar-refractivity contribution in [3.05, 3.63) is 27.7 Å². The van der Waals surface area contributed by atoms with Crippen molar-refractivity contribution < 1.29 is 5.11 Å². The number of hydrogen-bond acceptors (Lipinski definition) is 2. The van der Waals surface area contributed by atoms with Crippen molar-refractivity contribution >= 4 is 15.9 Å². The Balaban J connectivity index is 3.10. The maximum absolute atomic E-state index is 9.74. The number of hydrogen-bond donors (Lipinski definition) is 2. The van der Waals surface area contributed by atoms with Gasteiger partial charge in [0.05, 0.1) is 0 Å². The van der Waals surface area contributed by atoms with Crippen LogP contribution in [0.5, 0.6) is 5.75 Å². The lowest BCUT2D eigenvalue weighted by Gasteiger charge is -2.11. The van der Waals surface area contributed by atoms with Crippen LogP contribution in [0.3, 0.4) is 0 Å². The molecule has 0 spiro atoms. The van der Waals surface area contributed by atoms with Gasteiger partial charge in [-0.25, -0.2) is 0 Å². The molecule has 1 atom stereocenters. The Morgan fingerprint density at radius 1 is 1.54 bits per heavy atom. The standard InChI is InChI=1S/C10H14BrNO/c1-6-3-4-9(11)8(10(6)13)5-7(2)12/h3-4,7,13H,5,12H2,1-2H3. The topological polar surface area (TPSA) is 46.2 Å². The molecule has 0 fully saturated rings. The van der Waals surface area contributed by atoms with E-state index in [1.807, 2.05) is 26.0 Å². The smallest absolute Gasteiger partial charge is 0.122 e. The third-order valence-electron chi connectivity index (χ3n) is 1.95. The highest BCUT2D eigenvalue weighted by molar-refractivity contribution is 9.10. The number of phenols is 1. The Kier molecular flexibility index (Phi) is 3.33. The van der Waals surface area contributed by atoms with Crippen molar-refractivity contribution in [2.24, 2.45) is 5.73 Å². The minimum Gasteiger partial charge on any atom is -0.507 e. The van der Waals surface area contributed by atoms with Gasteiger partial charge in [-0.15, -0.1) is 0 Å². The zero-order chi connectivity index (χ0) is 10.0. The van der Waals surface area contributed by atoms with Crippen LogP contribution < -0.4 is 5.73 Å². The van der Waals surface area contributed by atoms with Gasteiger partial charge < -0.3 is 10.8 Å². The van der Waals surface area contributed by atoms with Crippen molar-refractivity contribution in [3.63, 3.8) is 0 Å². The zero-order valence-corrected chi connectivity index (χ0v) is 9.43. The van der Waals surface area contributed by atoms with Crippen LogP contribution in [0.25, 0.3) is 0 Å². The Morgan fingerprint density at radius 3 is 2.69 bits per heavy atom. The highest BCUT2D eigenvalue weighted by Gasteiger charge is 2.10. The van der Waals surface area contributed by atoms with E-state index < -0.39 is 0 Å². The van der Waals surface area contributed by atoms with Crippen LogP contribution in [0, 0.1) is 6.92 Å². The fourth-order valence-corrected chi connectivity index (χ4v) is 1.73. The molecule has 1 rings (SSSR count). The molecule has 3 N–H and O–H groups in total. The molecular weight excluding hydrogens is 230 g/mol. The summed E-state index contributed by atoms with van der Waals surface area (Å²) in [6, 6.07) is 3.88. The van der Waals surface area contributed by atoms with Crippen LogP contribution in [0.4, 0.5) is 0 Å². The monoisotopic (exact) mass is 243 g/mol. The second-order valence-electron chi connectivity index (χ2n) is 3.37. The fourth-order valence-electron chi connectivity index (χ4n) is 1.24. The van der Waals surface area contributed by atoms with E-state index >= 15 is 0 Å². The Morgan fingerprint density at radius 2 is 2.15 bits per heavy atom. The zero-order valence-electron chi connectivity index (χ0n) is 7.84. The van der Waals surface area contributed by atoms with Gasteiger partial charge >= 0.3 is 0 Å². The molecule has 1 aromatic rings. The van der Waals surface area contributed by atoms with E-state index in [9.17, 15) is 5.11 Å². The molecule has 2 nitrogen and oxygen atoms in total. The van der Waals surface area contributed by atoms with E-state index in [0.29, 0.717) is 12.2 Å². The predicted molar refractivity (Wildman–Crippen MR) is 57.9 cm³/mol. The van der Waals surface area contributed by atoms with Gasteiger partial charge in [-0.2, -0.15) is 0 Å². The van der Waals surface area contributed by atoms with E-state index in [1.54, 1.807) is 0 Å². The lowest BCUT2D eigenvalue weighted by molar-refractivity contribution is 0.461. The van der Waals surface area contributed by atoms with E-state index in [4.69, 9.17) is 5.73 Å². The van der Waals surface area contributed by atoms with Crippen molar-refractivity contribution in [3.8, 4) is 5.75 Å². The summed E-state index contributed by atoms with van der Waals surface area (Å²) in [6.45, 7) is 3.81. The quantitative estimate of drug-likeness (QED) is 0.838. The molecule has 72 valence electrons. The maximum atomic E-state index is 9.74. The van der Waals surface area contributed by atoms with E-state index in [0.717, 1.165) is 15.6 Å². The van der Waals surface area contributed by atoms with Crippen molar-refractivity contribution in [1.29, 1.82) is 0 Å². The molecule has 0 bridgehead atoms. The lowest BCUT2D eigenvalue weighted by Crippen LogP contribution is -2.18. The summed E-state index contributed by atoms with van der Waals surface area (Å²) in [4.78, 5) is 0. The average molecular weight is 244 g/mol. The first-order valence-corrected chi connectivity index (χ1v) is 5.04. The summed E-state index contributed by atoms with van der Waals surface area (Å²) in [7, 11) is 0. The minimum atomic E-state index is 0.0593. The van der Waals surface area contributed by atoms with E-state index in [2.05, 4.69) is 15.9 Å². The minimum absolute atomic E-state index is 0.0593. The molecule has 0 saturated carbocycles. The Bertz CT molecular complexity index is 310. The second kappa shape index (κ2) is 4.11. The van der Waals surface area contributed by atoms with Crippen molar-refractivity contribution in [2.75, 3.05) is 0 Å². The number of phenolic OH excluding ortho intramolecular Hbond substituents is 1. The van der Waals surface area contributed by atoms with Crippen LogP contribution in [-0.2, 0) is 6.42 Å². The summed E-state index contributed by atoms with van der Waals surface area (Å²) >= 11 is 3.39. The largest absolute Gasteiger partial charge is 0.507 e. The predicted octanol–water partition coefficient (Wildman–Crippen LogP) is 2.35. The third kappa shape index (κ3) is 2.45. The fraction of sp³-hybridized carbons (Fsp3) is 0.400. The van der Waals surface area contributed by atoms with Gasteiger partial charge in [0.15, 0.2) is 0 Å². The molecule has 3 heteroatoms. The molecule has 0 aliphatic rings. The van der Waals surface area contributed by atoms with Gasteiger partial charge in [-0.05, 0) is 31.9 Å². The molecule has 0 aliphatic carbocycles. The van der Waals surface area contributed by atoms with Gasteiger partial charge in [-0.3, -0.25) is 0 Å². The molecule has 0 radical (unpaired) electrons. The van der Waals surface area contributed by atoms with E-state index in [-0.39, 0.29) is 6.04 Å². The highest BCUT2D eigenvalue weighted by Crippen LogP contribution is 2.29. The molecule has 0 amide bonds. The first-order chi connectivity index (χ1) is 6.02. The number of aromatic hydroxyl groups is 1. The molecule has 0 heterocycles. The summed E-state index contributed by atoms with van der Waals surface area (Å²) in [6.07, 6.45) is 0.689. The summed E-state index contributed by atoms with van der Waals surface area (Å²) in [5.74, 6) is 0.353. The number of benzene rings is 1. The molecule has 0 aromatic heterocycles. The van der Waals surface area contributed by atoms with Crippen LogP contribution in [0.2, 0.25) is 0 Å². The average Bonchev–Trinajstić information content (AvgIpc) is 2.05. The Labute approximate surface area is 86.9 Å². The van der Waals surface area contributed by atoms with Crippen molar-refractivity contribution in [2.45, 2.75) is 26.3 Å². The molecule has 1 aromatic carbocycles. The van der Waals surface area contributed by atoms with Crippen LogP contribution in [-0.4, -0.2) is 11.1 Å².